The summed E-state index contributed by atoms with van der Waals surface area (Å²) in [5.74, 6) is 0.379. The summed E-state index contributed by atoms with van der Waals surface area (Å²) in [6.45, 7) is 1.97. The molecule has 1 aromatic heterocycles. The molecule has 0 aromatic carbocycles. The summed E-state index contributed by atoms with van der Waals surface area (Å²) in [6, 6.07) is 2.30. The molecule has 0 aliphatic heterocycles. The van der Waals surface area contributed by atoms with Gasteiger partial charge in [-0.05, 0) is 25.8 Å². The number of carbonyl (C=O) groups is 1. The Hall–Kier alpha value is -1.12. The van der Waals surface area contributed by atoms with Crippen molar-refractivity contribution in [1.29, 1.82) is 0 Å². The Bertz CT molecular complexity index is 316. The van der Waals surface area contributed by atoms with Crippen LogP contribution in [0, 0.1) is 6.92 Å². The molecule has 1 aliphatic rings. The number of aryl methyl sites for hydroxylation is 1. The van der Waals surface area contributed by atoms with Gasteiger partial charge >= 0.3 is 0 Å². The zero-order valence-corrected chi connectivity index (χ0v) is 7.86. The summed E-state index contributed by atoms with van der Waals surface area (Å²) in [7, 11) is 0. The van der Waals surface area contributed by atoms with Gasteiger partial charge in [0.1, 0.15) is 5.78 Å². The van der Waals surface area contributed by atoms with Crippen molar-refractivity contribution in [2.75, 3.05) is 0 Å². The van der Waals surface area contributed by atoms with Crippen LogP contribution < -0.4 is 0 Å². The first kappa shape index (κ1) is 8.48. The van der Waals surface area contributed by atoms with E-state index in [4.69, 9.17) is 0 Å². The average Bonchev–Trinajstić information content (AvgIpc) is 2.52. The van der Waals surface area contributed by atoms with Crippen LogP contribution in [0.5, 0.6) is 0 Å². The normalized spacial score (nSPS) is 23.5. The zero-order valence-electron chi connectivity index (χ0n) is 7.86. The van der Waals surface area contributed by atoms with Gasteiger partial charge in [-0.3, -0.25) is 9.48 Å². The summed E-state index contributed by atoms with van der Waals surface area (Å²) >= 11 is 0. The predicted molar refractivity (Wildman–Crippen MR) is 49.5 cm³/mol. The van der Waals surface area contributed by atoms with Gasteiger partial charge in [0, 0.05) is 19.0 Å². The van der Waals surface area contributed by atoms with E-state index in [2.05, 4.69) is 5.10 Å². The van der Waals surface area contributed by atoms with Crippen LogP contribution in [0.2, 0.25) is 0 Å². The Morgan fingerprint density at radius 1 is 1.62 bits per heavy atom. The minimum Gasteiger partial charge on any atom is -0.300 e. The highest BCUT2D eigenvalue weighted by atomic mass is 16.1. The molecule has 1 saturated carbocycles. The number of hydrogen-bond acceptors (Lipinski definition) is 2. The lowest BCUT2D eigenvalue weighted by molar-refractivity contribution is -0.121. The van der Waals surface area contributed by atoms with Crippen molar-refractivity contribution < 1.29 is 4.79 Å². The van der Waals surface area contributed by atoms with Crippen molar-refractivity contribution in [3.8, 4) is 0 Å². The molecular formula is C10H14N2O. The first-order valence-electron chi connectivity index (χ1n) is 4.79. The van der Waals surface area contributed by atoms with E-state index in [1.807, 2.05) is 23.9 Å². The van der Waals surface area contributed by atoms with E-state index in [0.717, 1.165) is 25.0 Å². The smallest absolute Gasteiger partial charge is 0.135 e. The number of ketones is 1. The van der Waals surface area contributed by atoms with Gasteiger partial charge in [-0.25, -0.2) is 0 Å². The van der Waals surface area contributed by atoms with Gasteiger partial charge < -0.3 is 0 Å². The van der Waals surface area contributed by atoms with Crippen LogP contribution in [-0.4, -0.2) is 15.6 Å². The Morgan fingerprint density at radius 2 is 2.46 bits per heavy atom. The summed E-state index contributed by atoms with van der Waals surface area (Å²) < 4.78 is 1.94. The summed E-state index contributed by atoms with van der Waals surface area (Å²) in [5.41, 5.74) is 1.03. The molecule has 0 bridgehead atoms. The number of aromatic nitrogens is 2. The molecule has 0 N–H and O–H groups in total. The standard InChI is InChI=1S/C10H14N2O/c1-8-5-6-12(11-8)9-3-2-4-10(13)7-9/h5-6,9H,2-4,7H2,1H3. The van der Waals surface area contributed by atoms with Crippen molar-refractivity contribution >= 4 is 5.78 Å². The Kier molecular flexibility index (Phi) is 2.17. The lowest BCUT2D eigenvalue weighted by Gasteiger charge is -2.20. The minimum absolute atomic E-state index is 0.315. The lowest BCUT2D eigenvalue weighted by atomic mass is 9.94. The third-order valence-electron chi connectivity index (χ3n) is 2.57. The fourth-order valence-corrected chi connectivity index (χ4v) is 1.86. The molecule has 0 radical (unpaired) electrons. The number of rotatable bonds is 1. The quantitative estimate of drug-likeness (QED) is 0.658. The maximum atomic E-state index is 11.2. The highest BCUT2D eigenvalue weighted by Gasteiger charge is 2.20. The maximum Gasteiger partial charge on any atom is 0.135 e. The van der Waals surface area contributed by atoms with E-state index >= 15 is 0 Å². The van der Waals surface area contributed by atoms with Crippen LogP contribution in [0.15, 0.2) is 12.3 Å². The highest BCUT2D eigenvalue weighted by Crippen LogP contribution is 2.25. The van der Waals surface area contributed by atoms with Gasteiger partial charge in [-0.15, -0.1) is 0 Å². The molecular weight excluding hydrogens is 164 g/mol. The topological polar surface area (TPSA) is 34.9 Å². The first-order valence-corrected chi connectivity index (χ1v) is 4.79. The minimum atomic E-state index is 0.315. The van der Waals surface area contributed by atoms with Gasteiger partial charge in [-0.1, -0.05) is 0 Å². The Labute approximate surface area is 77.7 Å². The molecule has 1 unspecified atom stereocenters. The first-order chi connectivity index (χ1) is 6.25. The maximum absolute atomic E-state index is 11.2. The summed E-state index contributed by atoms with van der Waals surface area (Å²) in [6.07, 6.45) is 5.51. The SMILES string of the molecule is Cc1ccn(C2CCCC(=O)C2)n1. The van der Waals surface area contributed by atoms with Crippen LogP contribution in [0.25, 0.3) is 0 Å². The molecule has 1 aromatic rings. The number of nitrogens with zero attached hydrogens (tertiary/aromatic N) is 2. The van der Waals surface area contributed by atoms with Crippen molar-refractivity contribution in [3.05, 3.63) is 18.0 Å². The third-order valence-corrected chi connectivity index (χ3v) is 2.57. The van der Waals surface area contributed by atoms with Crippen LogP contribution in [0.1, 0.15) is 37.4 Å². The van der Waals surface area contributed by atoms with Crippen LogP contribution in [-0.2, 0) is 4.79 Å². The van der Waals surface area contributed by atoms with Gasteiger partial charge in [0.05, 0.1) is 11.7 Å². The average molecular weight is 178 g/mol. The second-order valence-electron chi connectivity index (χ2n) is 3.73. The van der Waals surface area contributed by atoms with E-state index < -0.39 is 0 Å². The van der Waals surface area contributed by atoms with Gasteiger partial charge in [0.2, 0.25) is 0 Å². The van der Waals surface area contributed by atoms with Crippen molar-refractivity contribution in [1.82, 2.24) is 9.78 Å². The molecule has 1 aliphatic carbocycles. The van der Waals surface area contributed by atoms with Crippen LogP contribution >= 0.6 is 0 Å². The fraction of sp³-hybridized carbons (Fsp3) is 0.600. The van der Waals surface area contributed by atoms with Gasteiger partial charge in [0.15, 0.2) is 0 Å². The molecule has 0 saturated heterocycles. The van der Waals surface area contributed by atoms with Crippen molar-refractivity contribution in [2.24, 2.45) is 0 Å². The zero-order chi connectivity index (χ0) is 9.26. The fourth-order valence-electron chi connectivity index (χ4n) is 1.86. The number of Topliss-reactive ketones (excluding diaryl/α,β-unsaturated/α-hetero) is 1. The summed E-state index contributed by atoms with van der Waals surface area (Å²) in [4.78, 5) is 11.2. The molecule has 2 rings (SSSR count). The Morgan fingerprint density at radius 3 is 3.08 bits per heavy atom. The molecule has 70 valence electrons. The second-order valence-corrected chi connectivity index (χ2v) is 3.73. The molecule has 3 heteroatoms. The lowest BCUT2D eigenvalue weighted by Crippen LogP contribution is -2.19. The summed E-state index contributed by atoms with van der Waals surface area (Å²) in [5, 5.41) is 4.33. The number of hydrogen-bond donors (Lipinski definition) is 0. The molecule has 1 fully saturated rings. The third kappa shape index (κ3) is 1.79. The van der Waals surface area contributed by atoms with Gasteiger partial charge in [0.25, 0.3) is 0 Å². The van der Waals surface area contributed by atoms with E-state index in [9.17, 15) is 4.79 Å². The van der Waals surface area contributed by atoms with Crippen LogP contribution in [0.3, 0.4) is 0 Å². The molecule has 3 nitrogen and oxygen atoms in total. The van der Waals surface area contributed by atoms with Crippen molar-refractivity contribution in [2.45, 2.75) is 38.6 Å². The van der Waals surface area contributed by atoms with E-state index in [0.29, 0.717) is 18.2 Å². The molecule has 0 amide bonds. The molecule has 0 spiro atoms. The van der Waals surface area contributed by atoms with Gasteiger partial charge in [-0.2, -0.15) is 5.10 Å². The van der Waals surface area contributed by atoms with Crippen LogP contribution in [0.4, 0.5) is 0 Å². The second kappa shape index (κ2) is 3.32. The monoisotopic (exact) mass is 178 g/mol. The number of carbonyl (C=O) groups excluding carboxylic acids is 1. The molecule has 1 atom stereocenters. The van der Waals surface area contributed by atoms with E-state index in [1.54, 1.807) is 0 Å². The molecule has 13 heavy (non-hydrogen) atoms. The van der Waals surface area contributed by atoms with Crippen molar-refractivity contribution in [3.63, 3.8) is 0 Å². The Balaban J connectivity index is 2.12. The predicted octanol–water partition coefficient (Wildman–Crippen LogP) is 1.88. The highest BCUT2D eigenvalue weighted by molar-refractivity contribution is 5.79. The van der Waals surface area contributed by atoms with E-state index in [-0.39, 0.29) is 0 Å². The van der Waals surface area contributed by atoms with E-state index in [1.165, 1.54) is 0 Å². The molecule has 1 heterocycles. The largest absolute Gasteiger partial charge is 0.300 e.